The van der Waals surface area contributed by atoms with E-state index < -0.39 is 11.8 Å². The maximum Gasteiger partial charge on any atom is 0.310 e. The fourth-order valence-corrected chi connectivity index (χ4v) is 4.00. The van der Waals surface area contributed by atoms with Gasteiger partial charge >= 0.3 is 5.97 Å². The van der Waals surface area contributed by atoms with Gasteiger partial charge in [0.25, 0.3) is 0 Å². The molecule has 1 heterocycles. The van der Waals surface area contributed by atoms with Crippen LogP contribution >= 0.6 is 0 Å². The van der Waals surface area contributed by atoms with E-state index >= 15 is 0 Å². The summed E-state index contributed by atoms with van der Waals surface area (Å²) in [6.07, 6.45) is 7.97. The highest BCUT2D eigenvalue weighted by Crippen LogP contribution is 2.31. The molecule has 1 atom stereocenters. The van der Waals surface area contributed by atoms with Crippen LogP contribution in [0.2, 0.25) is 0 Å². The minimum absolute atomic E-state index is 0.100. The lowest BCUT2D eigenvalue weighted by atomic mass is 10.0. The number of hydrogen-bond acceptors (Lipinski definition) is 8. The van der Waals surface area contributed by atoms with E-state index in [-0.39, 0.29) is 37.3 Å². The van der Waals surface area contributed by atoms with E-state index in [0.29, 0.717) is 23.7 Å². The number of esters is 1. The Morgan fingerprint density at radius 3 is 2.49 bits per heavy atom. The topological polar surface area (TPSA) is 112 Å². The van der Waals surface area contributed by atoms with Crippen molar-refractivity contribution >= 4 is 23.9 Å². The largest absolute Gasteiger partial charge is 0.508 e. The molecule has 0 aliphatic carbocycles. The molecule has 2 aromatic carbocycles. The van der Waals surface area contributed by atoms with Crippen molar-refractivity contribution in [2.24, 2.45) is 0 Å². The summed E-state index contributed by atoms with van der Waals surface area (Å²) in [7, 11) is 1.53. The minimum atomic E-state index is -0.625. The minimum Gasteiger partial charge on any atom is -0.508 e. The molecule has 39 heavy (non-hydrogen) atoms. The molecular weight excluding hydrogens is 500 g/mol. The number of ketones is 1. The number of ether oxygens (including phenoxy) is 4. The van der Waals surface area contributed by atoms with Crippen LogP contribution in [0.15, 0.2) is 59.9 Å². The van der Waals surface area contributed by atoms with Crippen LogP contribution in [-0.4, -0.2) is 48.6 Å². The Bertz CT molecular complexity index is 1240. The van der Waals surface area contributed by atoms with Crippen molar-refractivity contribution < 1.29 is 38.7 Å². The van der Waals surface area contributed by atoms with E-state index in [1.54, 1.807) is 43.3 Å². The van der Waals surface area contributed by atoms with Gasteiger partial charge in [0.1, 0.15) is 5.76 Å². The van der Waals surface area contributed by atoms with Crippen LogP contribution < -0.4 is 9.47 Å². The van der Waals surface area contributed by atoms with Crippen molar-refractivity contribution in [3.63, 3.8) is 0 Å². The molecule has 1 aliphatic heterocycles. The number of allylic oxidation sites excluding steroid dienone is 2. The second-order valence-electron chi connectivity index (χ2n) is 9.04. The number of aliphatic hydroxyl groups is 2. The van der Waals surface area contributed by atoms with Crippen LogP contribution in [0.5, 0.6) is 11.5 Å². The Labute approximate surface area is 229 Å². The molecule has 0 radical (unpaired) electrons. The van der Waals surface area contributed by atoms with Crippen LogP contribution in [0.25, 0.3) is 12.2 Å². The molecule has 0 saturated carbocycles. The predicted octanol–water partition coefficient (Wildman–Crippen LogP) is 5.46. The second kappa shape index (κ2) is 14.9. The summed E-state index contributed by atoms with van der Waals surface area (Å²) < 4.78 is 22.0. The van der Waals surface area contributed by atoms with E-state index in [2.05, 4.69) is 0 Å². The quantitative estimate of drug-likeness (QED) is 0.159. The Morgan fingerprint density at radius 1 is 1.05 bits per heavy atom. The number of aryl methyl sites for hydroxylation is 1. The number of methoxy groups -OCH3 is 1. The van der Waals surface area contributed by atoms with Gasteiger partial charge in [-0.1, -0.05) is 30.4 Å². The third-order valence-electron chi connectivity index (χ3n) is 6.22. The number of benzene rings is 2. The molecular formula is C31H36O8. The first kappa shape index (κ1) is 29.7. The van der Waals surface area contributed by atoms with Gasteiger partial charge in [0.2, 0.25) is 0 Å². The summed E-state index contributed by atoms with van der Waals surface area (Å²) in [6.45, 7) is 4.26. The van der Waals surface area contributed by atoms with Crippen molar-refractivity contribution in [2.75, 3.05) is 20.3 Å². The van der Waals surface area contributed by atoms with Gasteiger partial charge in [-0.25, -0.2) is 0 Å². The SMILES string of the molecule is CCOC(=O)C/C(C(=O)/C=C/c1ccc(OC2CCCCO2)c(OC)c1)=C(O)\C=C\c1ccc(C)c(CO)c1. The normalized spacial score (nSPS) is 16.3. The van der Waals surface area contributed by atoms with Gasteiger partial charge in [0.15, 0.2) is 23.6 Å². The van der Waals surface area contributed by atoms with Crippen LogP contribution in [0.4, 0.5) is 0 Å². The van der Waals surface area contributed by atoms with Gasteiger partial charge in [0, 0.05) is 6.42 Å². The van der Waals surface area contributed by atoms with Crippen molar-refractivity contribution in [3.8, 4) is 11.5 Å². The molecule has 0 aromatic heterocycles. The average Bonchev–Trinajstić information content (AvgIpc) is 2.95. The Balaban J connectivity index is 1.81. The van der Waals surface area contributed by atoms with Gasteiger partial charge in [-0.05, 0) is 79.3 Å². The molecule has 8 heteroatoms. The molecule has 8 nitrogen and oxygen atoms in total. The van der Waals surface area contributed by atoms with Crippen molar-refractivity contribution in [1.82, 2.24) is 0 Å². The number of aliphatic hydroxyl groups excluding tert-OH is 2. The summed E-state index contributed by atoms with van der Waals surface area (Å²) in [5.41, 5.74) is 2.99. The summed E-state index contributed by atoms with van der Waals surface area (Å²) in [5.74, 6) is -0.482. The van der Waals surface area contributed by atoms with Crippen LogP contribution in [0.3, 0.4) is 0 Å². The molecule has 1 unspecified atom stereocenters. The van der Waals surface area contributed by atoms with E-state index in [0.717, 1.165) is 36.0 Å². The first-order chi connectivity index (χ1) is 18.8. The Hall–Kier alpha value is -3.88. The standard InChI is InChI=1S/C31H36O8/c1-4-37-30(35)19-25(26(33)13-10-22-9-8-21(2)24(17-22)20-32)27(34)14-11-23-12-15-28(29(18-23)36-3)39-31-7-5-6-16-38-31/h8-15,17-18,31-33H,4-7,16,19-20H2,1-3H3/b13-10+,14-11+,26-25-. The van der Waals surface area contributed by atoms with Crippen LogP contribution in [-0.2, 0) is 25.7 Å². The molecule has 2 aromatic rings. The number of hydrogen-bond donors (Lipinski definition) is 2. The summed E-state index contributed by atoms with van der Waals surface area (Å²) >= 11 is 0. The molecule has 0 amide bonds. The zero-order chi connectivity index (χ0) is 28.2. The highest BCUT2D eigenvalue weighted by atomic mass is 16.7. The van der Waals surface area contributed by atoms with Gasteiger partial charge in [-0.2, -0.15) is 0 Å². The van der Waals surface area contributed by atoms with Gasteiger partial charge < -0.3 is 29.2 Å². The van der Waals surface area contributed by atoms with E-state index in [1.807, 2.05) is 19.1 Å². The molecule has 208 valence electrons. The van der Waals surface area contributed by atoms with Crippen LogP contribution in [0.1, 0.15) is 54.9 Å². The fourth-order valence-electron chi connectivity index (χ4n) is 4.00. The van der Waals surface area contributed by atoms with Crippen molar-refractivity contribution in [1.29, 1.82) is 0 Å². The maximum absolute atomic E-state index is 13.1. The van der Waals surface area contributed by atoms with Gasteiger partial charge in [0.05, 0.1) is 38.9 Å². The third-order valence-corrected chi connectivity index (χ3v) is 6.22. The molecule has 2 N–H and O–H groups in total. The lowest BCUT2D eigenvalue weighted by molar-refractivity contribution is -0.142. The lowest BCUT2D eigenvalue weighted by Crippen LogP contribution is -2.25. The fraction of sp³-hybridized carbons (Fsp3) is 0.355. The second-order valence-corrected chi connectivity index (χ2v) is 9.04. The summed E-state index contributed by atoms with van der Waals surface area (Å²) in [4.78, 5) is 25.3. The molecule has 1 fully saturated rings. The molecule has 0 bridgehead atoms. The number of carbonyl (C=O) groups excluding carboxylic acids is 2. The first-order valence-corrected chi connectivity index (χ1v) is 13.0. The predicted molar refractivity (Wildman–Crippen MR) is 148 cm³/mol. The zero-order valence-electron chi connectivity index (χ0n) is 22.6. The summed E-state index contributed by atoms with van der Waals surface area (Å²) in [5, 5.41) is 20.2. The van der Waals surface area contributed by atoms with Gasteiger partial charge in [-0.15, -0.1) is 0 Å². The number of rotatable bonds is 12. The average molecular weight is 537 g/mol. The van der Waals surface area contributed by atoms with E-state index in [1.165, 1.54) is 19.3 Å². The maximum atomic E-state index is 13.1. The Kier molecular flexibility index (Phi) is 11.3. The first-order valence-electron chi connectivity index (χ1n) is 13.0. The highest BCUT2D eigenvalue weighted by molar-refractivity contribution is 6.09. The van der Waals surface area contributed by atoms with Crippen molar-refractivity contribution in [2.45, 2.75) is 52.4 Å². The van der Waals surface area contributed by atoms with E-state index in [9.17, 15) is 19.8 Å². The monoisotopic (exact) mass is 536 g/mol. The molecule has 1 aliphatic rings. The van der Waals surface area contributed by atoms with Gasteiger partial charge in [-0.3, -0.25) is 9.59 Å². The van der Waals surface area contributed by atoms with Crippen LogP contribution in [0, 0.1) is 6.92 Å². The van der Waals surface area contributed by atoms with E-state index in [4.69, 9.17) is 18.9 Å². The number of carbonyl (C=O) groups is 2. The molecule has 3 rings (SSSR count). The lowest BCUT2D eigenvalue weighted by Gasteiger charge is -2.24. The van der Waals surface area contributed by atoms with Crippen molar-refractivity contribution in [3.05, 3.63) is 82.1 Å². The smallest absolute Gasteiger partial charge is 0.310 e. The molecule has 0 spiro atoms. The summed E-state index contributed by atoms with van der Waals surface area (Å²) in [6, 6.07) is 10.7. The highest BCUT2D eigenvalue weighted by Gasteiger charge is 2.19. The third kappa shape index (κ3) is 8.84. The zero-order valence-corrected chi connectivity index (χ0v) is 22.6. The Morgan fingerprint density at radius 2 is 1.79 bits per heavy atom. The molecule has 1 saturated heterocycles.